The van der Waals surface area contributed by atoms with E-state index in [9.17, 15) is 9.18 Å². The summed E-state index contributed by atoms with van der Waals surface area (Å²) in [5, 5.41) is 3.72. The first-order valence-corrected chi connectivity index (χ1v) is 10.9. The molecule has 0 radical (unpaired) electrons. The van der Waals surface area contributed by atoms with Crippen LogP contribution in [-0.4, -0.2) is 28.5 Å². The second-order valence-corrected chi connectivity index (χ2v) is 8.86. The molecule has 152 valence electrons. The molecule has 3 heterocycles. The Morgan fingerprint density at radius 1 is 1.31 bits per heavy atom. The average Bonchev–Trinajstić information content (AvgIpc) is 3.01. The number of aryl methyl sites for hydroxylation is 2. The molecular weight excluding hydrogens is 411 g/mol. The van der Waals surface area contributed by atoms with Crippen LogP contribution in [-0.2, 0) is 0 Å². The number of carbonyl (C=O) groups excluding carboxylic acids is 1. The van der Waals surface area contributed by atoms with Gasteiger partial charge in [-0.25, -0.2) is 14.4 Å². The standard InChI is InChI=1S/C21H22ClFN4OS/c1-11-6-4-5-9-27(11)19-17-12(2)18(29-21(17)25-13(3)24-19)20(28)26-14-7-8-16(23)15(22)10-14/h7-8,10-11H,4-6,9H2,1-3H3,(H,26,28)/t11-/m0/s1. The van der Waals surface area contributed by atoms with Gasteiger partial charge in [-0.05, 0) is 63.8 Å². The van der Waals surface area contributed by atoms with Crippen LogP contribution >= 0.6 is 22.9 Å². The molecule has 1 aliphatic rings. The number of halogens is 2. The van der Waals surface area contributed by atoms with Crippen molar-refractivity contribution in [1.29, 1.82) is 0 Å². The lowest BCUT2D eigenvalue weighted by atomic mass is 10.0. The van der Waals surface area contributed by atoms with Crippen molar-refractivity contribution in [2.75, 3.05) is 16.8 Å². The first-order valence-electron chi connectivity index (χ1n) is 9.66. The van der Waals surface area contributed by atoms with Crippen molar-refractivity contribution >= 4 is 50.6 Å². The third-order valence-corrected chi connectivity index (χ3v) is 6.82. The number of benzene rings is 1. The first-order chi connectivity index (χ1) is 13.8. The van der Waals surface area contributed by atoms with Gasteiger partial charge in [0.15, 0.2) is 0 Å². The van der Waals surface area contributed by atoms with E-state index in [0.29, 0.717) is 22.4 Å². The molecule has 1 fully saturated rings. The number of amides is 1. The Hall–Kier alpha value is -2.25. The molecule has 1 atom stereocenters. The topological polar surface area (TPSA) is 58.1 Å². The Kier molecular flexibility index (Phi) is 5.44. The van der Waals surface area contributed by atoms with Crippen molar-refractivity contribution in [1.82, 2.24) is 9.97 Å². The van der Waals surface area contributed by atoms with Gasteiger partial charge < -0.3 is 10.2 Å². The minimum absolute atomic E-state index is 0.0290. The average molecular weight is 433 g/mol. The summed E-state index contributed by atoms with van der Waals surface area (Å²) in [5.74, 6) is 0.832. The van der Waals surface area contributed by atoms with Crippen LogP contribution in [0.15, 0.2) is 18.2 Å². The van der Waals surface area contributed by atoms with Crippen LogP contribution < -0.4 is 10.2 Å². The first kappa shape index (κ1) is 20.0. The monoisotopic (exact) mass is 432 g/mol. The summed E-state index contributed by atoms with van der Waals surface area (Å²) in [7, 11) is 0. The number of nitrogens with zero attached hydrogens (tertiary/aromatic N) is 3. The van der Waals surface area contributed by atoms with Gasteiger partial charge in [-0.1, -0.05) is 11.6 Å². The van der Waals surface area contributed by atoms with E-state index in [0.717, 1.165) is 41.0 Å². The summed E-state index contributed by atoms with van der Waals surface area (Å²) in [6.07, 6.45) is 3.49. The van der Waals surface area contributed by atoms with Gasteiger partial charge in [-0.15, -0.1) is 11.3 Å². The lowest BCUT2D eigenvalue weighted by Crippen LogP contribution is -2.38. The number of rotatable bonds is 3. The van der Waals surface area contributed by atoms with Crippen LogP contribution in [0, 0.1) is 19.7 Å². The number of hydrogen-bond acceptors (Lipinski definition) is 5. The molecule has 0 spiro atoms. The van der Waals surface area contributed by atoms with Crippen molar-refractivity contribution in [3.63, 3.8) is 0 Å². The number of piperidine rings is 1. The maximum Gasteiger partial charge on any atom is 0.266 e. The van der Waals surface area contributed by atoms with Gasteiger partial charge in [0.25, 0.3) is 5.91 Å². The lowest BCUT2D eigenvalue weighted by Gasteiger charge is -2.35. The van der Waals surface area contributed by atoms with Crippen LogP contribution in [0.2, 0.25) is 5.02 Å². The molecule has 0 unspecified atom stereocenters. The van der Waals surface area contributed by atoms with E-state index < -0.39 is 5.82 Å². The zero-order valence-electron chi connectivity index (χ0n) is 16.6. The molecule has 4 rings (SSSR count). The molecule has 1 amide bonds. The fourth-order valence-electron chi connectivity index (χ4n) is 3.82. The fourth-order valence-corrected chi connectivity index (χ4v) is 5.12. The highest BCUT2D eigenvalue weighted by Gasteiger charge is 2.26. The maximum absolute atomic E-state index is 13.4. The van der Waals surface area contributed by atoms with Gasteiger partial charge >= 0.3 is 0 Å². The summed E-state index contributed by atoms with van der Waals surface area (Å²) in [5.41, 5.74) is 1.31. The molecule has 1 aliphatic heterocycles. The Labute approximate surface area is 177 Å². The highest BCUT2D eigenvalue weighted by Crippen LogP contribution is 2.38. The van der Waals surface area contributed by atoms with Crippen LogP contribution in [0.3, 0.4) is 0 Å². The van der Waals surface area contributed by atoms with Crippen molar-refractivity contribution in [3.05, 3.63) is 45.3 Å². The largest absolute Gasteiger partial charge is 0.353 e. The molecule has 1 saturated heterocycles. The second-order valence-electron chi connectivity index (χ2n) is 7.45. The van der Waals surface area contributed by atoms with E-state index in [2.05, 4.69) is 22.1 Å². The maximum atomic E-state index is 13.4. The lowest BCUT2D eigenvalue weighted by molar-refractivity contribution is 0.103. The minimum atomic E-state index is -0.520. The van der Waals surface area contributed by atoms with Crippen LogP contribution in [0.5, 0.6) is 0 Å². The predicted molar refractivity (Wildman–Crippen MR) is 117 cm³/mol. The SMILES string of the molecule is Cc1nc(N2CCCC[C@@H]2C)c2c(C)c(C(=O)Nc3ccc(F)c(Cl)c3)sc2n1. The number of carbonyl (C=O) groups is 1. The van der Waals surface area contributed by atoms with Gasteiger partial charge in [-0.2, -0.15) is 0 Å². The third kappa shape index (κ3) is 3.81. The minimum Gasteiger partial charge on any atom is -0.353 e. The van der Waals surface area contributed by atoms with E-state index >= 15 is 0 Å². The summed E-state index contributed by atoms with van der Waals surface area (Å²) in [6, 6.07) is 4.54. The number of aromatic nitrogens is 2. The molecule has 2 aromatic heterocycles. The number of hydrogen-bond donors (Lipinski definition) is 1. The summed E-state index contributed by atoms with van der Waals surface area (Å²) < 4.78 is 13.4. The smallest absolute Gasteiger partial charge is 0.266 e. The van der Waals surface area contributed by atoms with Crippen molar-refractivity contribution < 1.29 is 9.18 Å². The summed E-state index contributed by atoms with van der Waals surface area (Å²) in [4.78, 5) is 26.0. The molecule has 29 heavy (non-hydrogen) atoms. The molecule has 0 saturated carbocycles. The molecule has 8 heteroatoms. The number of nitrogens with one attached hydrogen (secondary N) is 1. The second kappa shape index (κ2) is 7.88. The van der Waals surface area contributed by atoms with Crippen molar-refractivity contribution in [3.8, 4) is 0 Å². The molecule has 3 aromatic rings. The van der Waals surface area contributed by atoms with Crippen molar-refractivity contribution in [2.24, 2.45) is 0 Å². The predicted octanol–water partition coefficient (Wildman–Crippen LogP) is 5.73. The number of anilines is 2. The van der Waals surface area contributed by atoms with E-state index in [4.69, 9.17) is 16.6 Å². The Bertz CT molecular complexity index is 1100. The number of fused-ring (bicyclic) bond motifs is 1. The van der Waals surface area contributed by atoms with E-state index in [1.54, 1.807) is 0 Å². The summed E-state index contributed by atoms with van der Waals surface area (Å²) >= 11 is 7.18. The Morgan fingerprint density at radius 2 is 2.10 bits per heavy atom. The molecule has 5 nitrogen and oxygen atoms in total. The fraction of sp³-hybridized carbons (Fsp3) is 0.381. The zero-order valence-corrected chi connectivity index (χ0v) is 18.1. The van der Waals surface area contributed by atoms with Gasteiger partial charge in [0.05, 0.1) is 15.3 Å². The molecule has 1 N–H and O–H groups in total. The van der Waals surface area contributed by atoms with Gasteiger partial charge in [0, 0.05) is 18.3 Å². The van der Waals surface area contributed by atoms with E-state index in [1.165, 1.54) is 36.0 Å². The zero-order chi connectivity index (χ0) is 20.7. The Balaban J connectivity index is 1.74. The summed E-state index contributed by atoms with van der Waals surface area (Å²) in [6.45, 7) is 6.99. The highest BCUT2D eigenvalue weighted by atomic mass is 35.5. The van der Waals surface area contributed by atoms with Crippen LogP contribution in [0.1, 0.15) is 47.2 Å². The van der Waals surface area contributed by atoms with E-state index in [1.807, 2.05) is 13.8 Å². The normalized spacial score (nSPS) is 17.0. The van der Waals surface area contributed by atoms with E-state index in [-0.39, 0.29) is 10.9 Å². The number of thiophene rings is 1. The van der Waals surface area contributed by atoms with Gasteiger partial charge in [0.1, 0.15) is 22.3 Å². The van der Waals surface area contributed by atoms with Crippen LogP contribution in [0.25, 0.3) is 10.2 Å². The molecule has 0 aliphatic carbocycles. The Morgan fingerprint density at radius 3 is 2.83 bits per heavy atom. The van der Waals surface area contributed by atoms with Crippen molar-refractivity contribution in [2.45, 2.75) is 46.1 Å². The molecular formula is C21H22ClFN4OS. The van der Waals surface area contributed by atoms with Crippen LogP contribution in [0.4, 0.5) is 15.9 Å². The molecule has 1 aromatic carbocycles. The van der Waals surface area contributed by atoms with Gasteiger partial charge in [-0.3, -0.25) is 4.79 Å². The quantitative estimate of drug-likeness (QED) is 0.574. The third-order valence-electron chi connectivity index (χ3n) is 5.34. The molecule has 0 bridgehead atoms. The highest BCUT2D eigenvalue weighted by molar-refractivity contribution is 7.20. The van der Waals surface area contributed by atoms with Gasteiger partial charge in [0.2, 0.25) is 0 Å².